The number of nitrogens with two attached hydrogens (primary N) is 1. The van der Waals surface area contributed by atoms with Crippen molar-refractivity contribution in [3.8, 4) is 0 Å². The summed E-state index contributed by atoms with van der Waals surface area (Å²) < 4.78 is 0. The largest absolute Gasteiger partial charge is 0.399 e. The predicted octanol–water partition coefficient (Wildman–Crippen LogP) is 0.699. The number of carbonyl (C=O) groups excluding carboxylic acids is 2. The summed E-state index contributed by atoms with van der Waals surface area (Å²) in [7, 11) is 0. The minimum Gasteiger partial charge on any atom is -0.399 e. The Bertz CT molecular complexity index is 441. The van der Waals surface area contributed by atoms with E-state index in [1.54, 1.807) is 24.3 Å². The van der Waals surface area contributed by atoms with Crippen LogP contribution in [0.2, 0.25) is 0 Å². The fraction of sp³-hybridized carbons (Fsp3) is 0.333. The van der Waals surface area contributed by atoms with E-state index in [0.717, 1.165) is 0 Å². The number of rotatable bonds is 2. The summed E-state index contributed by atoms with van der Waals surface area (Å²) in [6.07, 6.45) is 1.14. The zero-order valence-corrected chi connectivity index (χ0v) is 10.6. The summed E-state index contributed by atoms with van der Waals surface area (Å²) in [6, 6.07) is 6.83. The molecule has 98 valence electrons. The second-order valence-electron chi connectivity index (χ2n) is 4.14. The minimum atomic E-state index is -0.154. The van der Waals surface area contributed by atoms with Crippen LogP contribution in [0.1, 0.15) is 23.2 Å². The molecule has 1 saturated heterocycles. The third-order valence-electron chi connectivity index (χ3n) is 2.75. The zero-order chi connectivity index (χ0) is 12.3. The van der Waals surface area contributed by atoms with Gasteiger partial charge in [0.25, 0.3) is 5.91 Å². The number of hydrogen-bond acceptors (Lipinski definition) is 3. The van der Waals surface area contributed by atoms with Crippen molar-refractivity contribution in [1.29, 1.82) is 0 Å². The number of halogens is 1. The summed E-state index contributed by atoms with van der Waals surface area (Å²) in [5.41, 5.74) is 6.72. The Kier molecular flexibility index (Phi) is 4.97. The molecule has 2 rings (SSSR count). The van der Waals surface area contributed by atoms with E-state index in [-0.39, 0.29) is 30.3 Å². The highest BCUT2D eigenvalue weighted by atomic mass is 35.5. The van der Waals surface area contributed by atoms with Gasteiger partial charge in [-0.1, -0.05) is 6.07 Å². The smallest absolute Gasteiger partial charge is 0.251 e. The number of carbonyl (C=O) groups is 2. The number of anilines is 1. The maximum Gasteiger partial charge on any atom is 0.251 e. The molecule has 0 bridgehead atoms. The Morgan fingerprint density at radius 2 is 2.22 bits per heavy atom. The molecule has 0 aliphatic carbocycles. The Labute approximate surface area is 112 Å². The van der Waals surface area contributed by atoms with Crippen molar-refractivity contribution in [1.82, 2.24) is 10.6 Å². The van der Waals surface area contributed by atoms with E-state index in [1.165, 1.54) is 0 Å². The van der Waals surface area contributed by atoms with Crippen LogP contribution in [-0.2, 0) is 4.79 Å². The van der Waals surface area contributed by atoms with E-state index in [4.69, 9.17) is 5.73 Å². The van der Waals surface area contributed by atoms with Crippen LogP contribution in [0.15, 0.2) is 24.3 Å². The Balaban J connectivity index is 0.00000162. The van der Waals surface area contributed by atoms with Gasteiger partial charge in [0, 0.05) is 30.3 Å². The molecule has 1 fully saturated rings. The molecule has 1 aromatic rings. The lowest BCUT2D eigenvalue weighted by Gasteiger charge is -2.23. The molecule has 6 heteroatoms. The lowest BCUT2D eigenvalue weighted by atomic mass is 10.1. The molecule has 18 heavy (non-hydrogen) atoms. The van der Waals surface area contributed by atoms with Gasteiger partial charge in [0.1, 0.15) is 0 Å². The number of piperidine rings is 1. The lowest BCUT2D eigenvalue weighted by molar-refractivity contribution is -0.122. The molecule has 1 heterocycles. The van der Waals surface area contributed by atoms with Crippen LogP contribution < -0.4 is 16.4 Å². The van der Waals surface area contributed by atoms with Gasteiger partial charge < -0.3 is 16.4 Å². The Morgan fingerprint density at radius 3 is 2.83 bits per heavy atom. The van der Waals surface area contributed by atoms with Crippen LogP contribution in [0, 0.1) is 0 Å². The summed E-state index contributed by atoms with van der Waals surface area (Å²) in [6.45, 7) is 0.493. The number of nitrogen functional groups attached to an aromatic ring is 1. The number of amides is 2. The van der Waals surface area contributed by atoms with Crippen molar-refractivity contribution in [2.75, 3.05) is 12.3 Å². The van der Waals surface area contributed by atoms with Crippen LogP contribution in [-0.4, -0.2) is 24.4 Å². The van der Waals surface area contributed by atoms with Crippen molar-refractivity contribution in [3.63, 3.8) is 0 Å². The second kappa shape index (κ2) is 6.26. The average Bonchev–Trinajstić information content (AvgIpc) is 2.32. The first kappa shape index (κ1) is 14.3. The number of nitrogens with one attached hydrogen (secondary N) is 2. The Morgan fingerprint density at radius 1 is 1.44 bits per heavy atom. The summed E-state index contributed by atoms with van der Waals surface area (Å²) in [4.78, 5) is 22.8. The van der Waals surface area contributed by atoms with Gasteiger partial charge in [0.05, 0.1) is 0 Å². The highest BCUT2D eigenvalue weighted by molar-refractivity contribution is 5.95. The highest BCUT2D eigenvalue weighted by Gasteiger charge is 2.19. The van der Waals surface area contributed by atoms with Gasteiger partial charge in [-0.15, -0.1) is 12.4 Å². The van der Waals surface area contributed by atoms with Crippen LogP contribution in [0.5, 0.6) is 0 Å². The van der Waals surface area contributed by atoms with Gasteiger partial charge in [-0.3, -0.25) is 9.59 Å². The third-order valence-corrected chi connectivity index (χ3v) is 2.75. The topological polar surface area (TPSA) is 84.2 Å². The van der Waals surface area contributed by atoms with E-state index < -0.39 is 0 Å². The summed E-state index contributed by atoms with van der Waals surface area (Å²) in [5.74, 6) is -0.113. The van der Waals surface area contributed by atoms with Gasteiger partial charge in [0.2, 0.25) is 5.91 Å². The van der Waals surface area contributed by atoms with Crippen LogP contribution >= 0.6 is 12.4 Å². The first-order valence-electron chi connectivity index (χ1n) is 5.58. The minimum absolute atomic E-state index is 0. The number of benzene rings is 1. The molecule has 0 aromatic heterocycles. The van der Waals surface area contributed by atoms with Gasteiger partial charge in [0.15, 0.2) is 0 Å². The molecule has 0 saturated carbocycles. The van der Waals surface area contributed by atoms with Crippen molar-refractivity contribution in [2.45, 2.75) is 18.9 Å². The molecule has 1 aliphatic heterocycles. The van der Waals surface area contributed by atoms with Crippen LogP contribution in [0.25, 0.3) is 0 Å². The molecule has 1 aliphatic rings. The van der Waals surface area contributed by atoms with E-state index in [9.17, 15) is 9.59 Å². The molecule has 1 aromatic carbocycles. The molecular weight excluding hydrogens is 254 g/mol. The zero-order valence-electron chi connectivity index (χ0n) is 9.81. The maximum atomic E-state index is 11.9. The van der Waals surface area contributed by atoms with E-state index >= 15 is 0 Å². The molecular formula is C12H16ClN3O2. The fourth-order valence-corrected chi connectivity index (χ4v) is 1.80. The average molecular weight is 270 g/mol. The monoisotopic (exact) mass is 269 g/mol. The summed E-state index contributed by atoms with van der Waals surface area (Å²) in [5, 5.41) is 5.60. The maximum absolute atomic E-state index is 11.9. The van der Waals surface area contributed by atoms with Crippen molar-refractivity contribution in [3.05, 3.63) is 29.8 Å². The molecule has 1 unspecified atom stereocenters. The highest BCUT2D eigenvalue weighted by Crippen LogP contribution is 2.08. The molecule has 5 nitrogen and oxygen atoms in total. The normalized spacial score (nSPS) is 18.4. The van der Waals surface area contributed by atoms with Gasteiger partial charge in [-0.05, 0) is 24.6 Å². The molecule has 4 N–H and O–H groups in total. The first-order valence-corrected chi connectivity index (χ1v) is 5.58. The lowest BCUT2D eigenvalue weighted by Crippen LogP contribution is -2.47. The van der Waals surface area contributed by atoms with Crippen molar-refractivity contribution in [2.24, 2.45) is 0 Å². The van der Waals surface area contributed by atoms with Gasteiger partial charge in [-0.2, -0.15) is 0 Å². The summed E-state index contributed by atoms with van der Waals surface area (Å²) >= 11 is 0. The van der Waals surface area contributed by atoms with E-state index in [2.05, 4.69) is 10.6 Å². The number of hydrogen-bond donors (Lipinski definition) is 3. The first-order chi connectivity index (χ1) is 8.15. The molecule has 2 amide bonds. The molecule has 0 spiro atoms. The quantitative estimate of drug-likeness (QED) is 0.691. The molecule has 1 atom stereocenters. The van der Waals surface area contributed by atoms with Gasteiger partial charge >= 0.3 is 0 Å². The van der Waals surface area contributed by atoms with E-state index in [1.807, 2.05) is 0 Å². The van der Waals surface area contributed by atoms with Gasteiger partial charge in [-0.25, -0.2) is 0 Å². The predicted molar refractivity (Wildman–Crippen MR) is 71.6 cm³/mol. The SMILES string of the molecule is Cl.Nc1cccc(C(=O)NC2CCC(=O)NC2)c1. The standard InChI is InChI=1S/C12H15N3O2.ClH/c13-9-3-1-2-8(6-9)12(17)15-10-4-5-11(16)14-7-10;/h1-3,6,10H,4-5,7,13H2,(H,14,16)(H,15,17);1H. The van der Waals surface area contributed by atoms with Crippen molar-refractivity contribution >= 4 is 29.9 Å². The Hall–Kier alpha value is -1.75. The molecule has 0 radical (unpaired) electrons. The van der Waals surface area contributed by atoms with Crippen LogP contribution in [0.3, 0.4) is 0 Å². The van der Waals surface area contributed by atoms with Crippen LogP contribution in [0.4, 0.5) is 5.69 Å². The second-order valence-corrected chi connectivity index (χ2v) is 4.14. The van der Waals surface area contributed by atoms with Crippen molar-refractivity contribution < 1.29 is 9.59 Å². The fourth-order valence-electron chi connectivity index (χ4n) is 1.80. The third kappa shape index (κ3) is 3.63. The van der Waals surface area contributed by atoms with E-state index in [0.29, 0.717) is 30.6 Å².